The van der Waals surface area contributed by atoms with Crippen LogP contribution in [0, 0.1) is 6.92 Å². The van der Waals surface area contributed by atoms with Gasteiger partial charge in [0.05, 0.1) is 13.6 Å². The third kappa shape index (κ3) is 2.10. The summed E-state index contributed by atoms with van der Waals surface area (Å²) in [4.78, 5) is 24.4. The van der Waals surface area contributed by atoms with Gasteiger partial charge in [0.1, 0.15) is 0 Å². The third-order valence-electron chi connectivity index (χ3n) is 3.28. The lowest BCUT2D eigenvalue weighted by Crippen LogP contribution is -2.51. The predicted octanol–water partition coefficient (Wildman–Crippen LogP) is 1.78. The third-order valence-corrected chi connectivity index (χ3v) is 5.37. The van der Waals surface area contributed by atoms with Crippen molar-refractivity contribution in [2.75, 3.05) is 0 Å². The minimum absolute atomic E-state index is 0.0322. The molecule has 2 N–H and O–H groups in total. The number of carbonyl (C=O) groups is 1. The highest BCUT2D eigenvalue weighted by atomic mass is 28.3. The highest BCUT2D eigenvalue weighted by Gasteiger charge is 2.26. The number of aromatic nitrogens is 1. The van der Waals surface area contributed by atoms with Crippen molar-refractivity contribution in [3.8, 4) is 0 Å². The van der Waals surface area contributed by atoms with E-state index in [1.165, 1.54) is 4.57 Å². The molecule has 1 aromatic heterocycles. The molecule has 0 atom stereocenters. The van der Waals surface area contributed by atoms with Gasteiger partial charge in [0, 0.05) is 16.3 Å². The molecule has 0 radical (unpaired) electrons. The Bertz CT molecular complexity index is 727. The Morgan fingerprint density at radius 2 is 1.79 bits per heavy atom. The van der Waals surface area contributed by atoms with E-state index >= 15 is 0 Å². The summed E-state index contributed by atoms with van der Waals surface area (Å²) in [5.74, 6) is 0. The minimum Gasteiger partial charge on any atom is -0.351 e. The first-order valence-electron chi connectivity index (χ1n) is 6.20. The van der Waals surface area contributed by atoms with Crippen molar-refractivity contribution in [1.29, 1.82) is 0 Å². The lowest BCUT2D eigenvalue weighted by Gasteiger charge is -2.22. The predicted molar refractivity (Wildman–Crippen MR) is 80.9 cm³/mol. The molecule has 0 saturated heterocycles. The largest absolute Gasteiger partial charge is 0.351 e. The number of carbonyl (C=O) groups excluding carboxylic acids is 1. The number of primary amides is 1. The molecule has 0 aliphatic heterocycles. The van der Waals surface area contributed by atoms with E-state index in [1.54, 1.807) is 31.2 Å². The first kappa shape index (κ1) is 13.5. The van der Waals surface area contributed by atoms with Crippen LogP contribution in [0.3, 0.4) is 0 Å². The maximum absolute atomic E-state index is 12.6. The highest BCUT2D eigenvalue weighted by molar-refractivity contribution is 6.89. The number of fused-ring (bicyclic) bond motifs is 1. The topological polar surface area (TPSA) is 65.1 Å². The summed E-state index contributed by atoms with van der Waals surface area (Å²) in [6.07, 6.45) is 0. The van der Waals surface area contributed by atoms with Gasteiger partial charge in [0.15, 0.2) is 5.43 Å². The van der Waals surface area contributed by atoms with E-state index < -0.39 is 14.1 Å². The van der Waals surface area contributed by atoms with Crippen molar-refractivity contribution in [1.82, 2.24) is 4.57 Å². The zero-order chi connectivity index (χ0) is 14.4. The average molecular weight is 274 g/mol. The lowest BCUT2D eigenvalue weighted by molar-refractivity contribution is 0.250. The van der Waals surface area contributed by atoms with Crippen LogP contribution in [0.5, 0.6) is 0 Å². The molecule has 0 fully saturated rings. The summed E-state index contributed by atoms with van der Waals surface area (Å²) < 4.78 is 1.45. The second kappa shape index (κ2) is 4.34. The van der Waals surface area contributed by atoms with Gasteiger partial charge in [-0.2, -0.15) is 0 Å². The van der Waals surface area contributed by atoms with Crippen LogP contribution in [-0.2, 0) is 0 Å². The van der Waals surface area contributed by atoms with Crippen LogP contribution in [0.25, 0.3) is 10.9 Å². The molecule has 1 amide bonds. The molecule has 0 spiro atoms. The van der Waals surface area contributed by atoms with Crippen molar-refractivity contribution in [2.45, 2.75) is 26.6 Å². The minimum atomic E-state index is -1.86. The summed E-state index contributed by atoms with van der Waals surface area (Å²) in [6, 6.07) is 6.56. The van der Waals surface area contributed by atoms with Gasteiger partial charge in [-0.3, -0.25) is 9.36 Å². The van der Waals surface area contributed by atoms with Crippen molar-refractivity contribution in [3.05, 3.63) is 40.2 Å². The van der Waals surface area contributed by atoms with E-state index in [9.17, 15) is 9.59 Å². The summed E-state index contributed by atoms with van der Waals surface area (Å²) in [6.45, 7) is 8.08. The van der Waals surface area contributed by atoms with E-state index in [0.29, 0.717) is 16.6 Å². The van der Waals surface area contributed by atoms with Gasteiger partial charge in [-0.05, 0) is 19.1 Å². The van der Waals surface area contributed by atoms with Crippen molar-refractivity contribution >= 4 is 30.2 Å². The zero-order valence-corrected chi connectivity index (χ0v) is 12.7. The fourth-order valence-corrected chi connectivity index (χ4v) is 4.63. The Morgan fingerprint density at radius 1 is 1.21 bits per heavy atom. The van der Waals surface area contributed by atoms with Crippen LogP contribution < -0.4 is 16.3 Å². The average Bonchev–Trinajstić information content (AvgIpc) is 2.26. The van der Waals surface area contributed by atoms with Crippen molar-refractivity contribution < 1.29 is 4.79 Å². The number of para-hydroxylation sites is 1. The number of nitrogens with zero attached hydrogens (tertiary/aromatic N) is 1. The molecule has 1 aromatic carbocycles. The summed E-state index contributed by atoms with van der Waals surface area (Å²) in [5, 5.41) is 1.33. The Kier molecular flexibility index (Phi) is 3.10. The molecule has 1 heterocycles. The Hall–Kier alpha value is -1.88. The molecule has 0 unspecified atom stereocenters. The molecule has 19 heavy (non-hydrogen) atoms. The maximum atomic E-state index is 12.6. The van der Waals surface area contributed by atoms with Gasteiger partial charge in [-0.1, -0.05) is 31.8 Å². The van der Waals surface area contributed by atoms with Gasteiger partial charge in [-0.15, -0.1) is 0 Å². The molecule has 100 valence electrons. The molecule has 0 aliphatic rings. The molecule has 4 nitrogen and oxygen atoms in total. The van der Waals surface area contributed by atoms with Gasteiger partial charge >= 0.3 is 6.03 Å². The Morgan fingerprint density at radius 3 is 2.32 bits per heavy atom. The SMILES string of the molecule is Cc1c([Si](C)(C)C)c(=O)c2ccccc2n1C(N)=O. The second-order valence-corrected chi connectivity index (χ2v) is 10.7. The van der Waals surface area contributed by atoms with E-state index in [2.05, 4.69) is 19.6 Å². The number of amides is 1. The molecule has 5 heteroatoms. The van der Waals surface area contributed by atoms with Gasteiger partial charge in [-0.25, -0.2) is 4.79 Å². The second-order valence-electron chi connectivity index (χ2n) is 5.73. The number of hydrogen-bond acceptors (Lipinski definition) is 2. The van der Waals surface area contributed by atoms with Gasteiger partial charge < -0.3 is 5.73 Å². The lowest BCUT2D eigenvalue weighted by atomic mass is 10.2. The fourth-order valence-electron chi connectivity index (χ4n) is 2.62. The summed E-state index contributed by atoms with van der Waals surface area (Å²) in [5.41, 5.74) is 6.77. The normalized spacial score (nSPS) is 11.8. The smallest absolute Gasteiger partial charge is 0.323 e. The summed E-state index contributed by atoms with van der Waals surface area (Å²) >= 11 is 0. The van der Waals surface area contributed by atoms with E-state index in [1.807, 2.05) is 0 Å². The van der Waals surface area contributed by atoms with Crippen LogP contribution in [0.1, 0.15) is 5.69 Å². The number of hydrogen-bond donors (Lipinski definition) is 1. The monoisotopic (exact) mass is 274 g/mol. The van der Waals surface area contributed by atoms with Crippen LogP contribution in [-0.4, -0.2) is 18.7 Å². The molecule has 2 aromatic rings. The van der Waals surface area contributed by atoms with E-state index in [-0.39, 0.29) is 5.43 Å². The zero-order valence-electron chi connectivity index (χ0n) is 11.7. The number of rotatable bonds is 1. The van der Waals surface area contributed by atoms with E-state index in [0.717, 1.165) is 5.19 Å². The van der Waals surface area contributed by atoms with Crippen LogP contribution >= 0.6 is 0 Å². The Labute approximate surface area is 112 Å². The standard InChI is InChI=1S/C14H18N2O2Si/c1-9-13(19(2,3)4)12(17)10-7-5-6-8-11(10)16(9)14(15)18/h5-8H,1-4H3,(H2,15,18). The number of pyridine rings is 1. The van der Waals surface area contributed by atoms with Crippen LogP contribution in [0.15, 0.2) is 29.1 Å². The van der Waals surface area contributed by atoms with Gasteiger partial charge in [0.2, 0.25) is 0 Å². The number of nitrogens with two attached hydrogens (primary N) is 1. The van der Waals surface area contributed by atoms with Crippen LogP contribution in [0.4, 0.5) is 4.79 Å². The molecule has 2 rings (SSSR count). The number of benzene rings is 1. The molecule has 0 aliphatic carbocycles. The summed E-state index contributed by atoms with van der Waals surface area (Å²) in [7, 11) is -1.86. The molecule has 0 saturated carbocycles. The molecular formula is C14H18N2O2Si. The molecule has 0 bridgehead atoms. The van der Waals surface area contributed by atoms with Crippen LogP contribution in [0.2, 0.25) is 19.6 Å². The van der Waals surface area contributed by atoms with Gasteiger partial charge in [0.25, 0.3) is 0 Å². The van der Waals surface area contributed by atoms with E-state index in [4.69, 9.17) is 5.73 Å². The van der Waals surface area contributed by atoms with Crippen molar-refractivity contribution in [3.63, 3.8) is 0 Å². The maximum Gasteiger partial charge on any atom is 0.323 e. The Balaban J connectivity index is 3.10. The fraction of sp³-hybridized carbons (Fsp3) is 0.286. The van der Waals surface area contributed by atoms with Crippen molar-refractivity contribution in [2.24, 2.45) is 5.73 Å². The first-order chi connectivity index (χ1) is 8.75. The highest BCUT2D eigenvalue weighted by Crippen LogP contribution is 2.13. The molecular weight excluding hydrogens is 256 g/mol. The quantitative estimate of drug-likeness (QED) is 0.806. The first-order valence-corrected chi connectivity index (χ1v) is 9.70.